The molecule has 1 fully saturated rings. The number of likely N-dealkylation sites (tertiary alicyclic amines) is 1. The molecule has 6 heteroatoms. The fourth-order valence-corrected chi connectivity index (χ4v) is 3.48. The summed E-state index contributed by atoms with van der Waals surface area (Å²) in [5.41, 5.74) is 7.21. The van der Waals surface area contributed by atoms with E-state index in [1.54, 1.807) is 0 Å². The fraction of sp³-hybridized carbons (Fsp3) is 0.389. The Morgan fingerprint density at radius 3 is 2.79 bits per heavy atom. The molecule has 2 atom stereocenters. The Morgan fingerprint density at radius 1 is 1.29 bits per heavy atom. The van der Waals surface area contributed by atoms with Crippen molar-refractivity contribution < 1.29 is 4.79 Å². The van der Waals surface area contributed by atoms with E-state index >= 15 is 0 Å². The summed E-state index contributed by atoms with van der Waals surface area (Å²) in [4.78, 5) is 22.6. The van der Waals surface area contributed by atoms with Crippen LogP contribution in [0.15, 0.2) is 42.7 Å². The molecule has 1 aliphatic heterocycles. The van der Waals surface area contributed by atoms with E-state index in [4.69, 9.17) is 5.73 Å². The van der Waals surface area contributed by atoms with Gasteiger partial charge in [0.25, 0.3) is 5.91 Å². The normalized spacial score (nSPS) is 21.4. The number of carbonyl (C=O) groups is 1. The van der Waals surface area contributed by atoms with E-state index < -0.39 is 0 Å². The number of hydrogen-bond donors (Lipinski definition) is 2. The summed E-state index contributed by atoms with van der Waals surface area (Å²) in [6, 6.07) is 10.8. The average Bonchev–Trinajstić information content (AvgIpc) is 2.61. The number of nitrogen functional groups attached to an aromatic ring is 1. The van der Waals surface area contributed by atoms with E-state index in [-0.39, 0.29) is 17.4 Å². The number of nitrogens with one attached hydrogen (secondary N) is 1. The number of nitrogens with zero attached hydrogens (tertiary/aromatic N) is 3. The second kappa shape index (κ2) is 7.40. The van der Waals surface area contributed by atoms with Gasteiger partial charge in [0, 0.05) is 25.0 Å². The summed E-state index contributed by atoms with van der Waals surface area (Å²) in [6.07, 6.45) is 5.17. The van der Waals surface area contributed by atoms with Crippen molar-refractivity contribution in [3.63, 3.8) is 0 Å². The molecule has 0 radical (unpaired) electrons. The molecule has 2 heterocycles. The zero-order valence-corrected chi connectivity index (χ0v) is 13.9. The van der Waals surface area contributed by atoms with Gasteiger partial charge in [-0.1, -0.05) is 30.3 Å². The Morgan fingerprint density at radius 2 is 2.04 bits per heavy atom. The van der Waals surface area contributed by atoms with Gasteiger partial charge >= 0.3 is 0 Å². The minimum absolute atomic E-state index is 0.162. The maximum absolute atomic E-state index is 12.3. The second-order valence-electron chi connectivity index (χ2n) is 6.24. The molecule has 3 N–H and O–H groups in total. The van der Waals surface area contributed by atoms with Crippen LogP contribution in [0, 0.1) is 5.92 Å². The molecule has 126 valence electrons. The number of hydrogen-bond acceptors (Lipinski definition) is 5. The van der Waals surface area contributed by atoms with Crippen LogP contribution >= 0.6 is 0 Å². The smallest absolute Gasteiger partial charge is 0.273 e. The van der Waals surface area contributed by atoms with Crippen LogP contribution < -0.4 is 11.1 Å². The van der Waals surface area contributed by atoms with E-state index in [9.17, 15) is 4.79 Å². The number of piperidine rings is 1. The molecule has 24 heavy (non-hydrogen) atoms. The summed E-state index contributed by atoms with van der Waals surface area (Å²) in [7, 11) is 2.15. The summed E-state index contributed by atoms with van der Waals surface area (Å²) < 4.78 is 0. The number of anilines is 1. The maximum Gasteiger partial charge on any atom is 0.273 e. The van der Waals surface area contributed by atoms with Gasteiger partial charge in [0.1, 0.15) is 0 Å². The number of aromatic nitrogens is 2. The molecule has 1 amide bonds. The molecular weight excluding hydrogens is 302 g/mol. The number of amides is 1. The van der Waals surface area contributed by atoms with Gasteiger partial charge < -0.3 is 11.1 Å². The minimum Gasteiger partial charge on any atom is -0.382 e. The van der Waals surface area contributed by atoms with Crippen molar-refractivity contribution >= 4 is 11.7 Å². The van der Waals surface area contributed by atoms with Crippen molar-refractivity contribution in [1.29, 1.82) is 0 Å². The van der Waals surface area contributed by atoms with Crippen LogP contribution in [-0.2, 0) is 0 Å². The van der Waals surface area contributed by atoms with E-state index in [0.717, 1.165) is 19.4 Å². The molecule has 0 aliphatic carbocycles. The Hall–Kier alpha value is -2.47. The third-order valence-electron chi connectivity index (χ3n) is 4.61. The average molecular weight is 325 g/mol. The molecule has 1 aromatic heterocycles. The van der Waals surface area contributed by atoms with Gasteiger partial charge in [-0.2, -0.15) is 0 Å². The summed E-state index contributed by atoms with van der Waals surface area (Å²) in [5, 5.41) is 2.98. The first-order valence-corrected chi connectivity index (χ1v) is 8.26. The van der Waals surface area contributed by atoms with Crippen LogP contribution in [0.3, 0.4) is 0 Å². The van der Waals surface area contributed by atoms with Gasteiger partial charge in [-0.15, -0.1) is 0 Å². The first-order chi connectivity index (χ1) is 11.7. The maximum atomic E-state index is 12.3. The van der Waals surface area contributed by atoms with Crippen molar-refractivity contribution in [3.05, 3.63) is 54.0 Å². The molecule has 0 saturated carbocycles. The van der Waals surface area contributed by atoms with E-state index in [2.05, 4.69) is 51.5 Å². The Bertz CT molecular complexity index is 691. The predicted octanol–water partition coefficient (Wildman–Crippen LogP) is 1.87. The lowest BCUT2D eigenvalue weighted by atomic mass is 9.85. The van der Waals surface area contributed by atoms with Crippen LogP contribution in [0.1, 0.15) is 34.9 Å². The van der Waals surface area contributed by atoms with Crippen LogP contribution in [-0.4, -0.2) is 40.9 Å². The van der Waals surface area contributed by atoms with Gasteiger partial charge in [-0.25, -0.2) is 9.97 Å². The largest absolute Gasteiger partial charge is 0.382 e. The Labute approximate surface area is 142 Å². The number of benzene rings is 1. The van der Waals surface area contributed by atoms with E-state index in [1.165, 1.54) is 18.0 Å². The van der Waals surface area contributed by atoms with Gasteiger partial charge in [0.15, 0.2) is 11.5 Å². The third kappa shape index (κ3) is 3.54. The van der Waals surface area contributed by atoms with Gasteiger partial charge in [-0.3, -0.25) is 9.69 Å². The summed E-state index contributed by atoms with van der Waals surface area (Å²) >= 11 is 0. The highest BCUT2D eigenvalue weighted by Gasteiger charge is 2.30. The lowest BCUT2D eigenvalue weighted by Gasteiger charge is -2.39. The van der Waals surface area contributed by atoms with Crippen LogP contribution in [0.2, 0.25) is 0 Å². The molecular formula is C18H23N5O. The van der Waals surface area contributed by atoms with Crippen molar-refractivity contribution in [2.75, 3.05) is 25.9 Å². The van der Waals surface area contributed by atoms with Crippen molar-refractivity contribution in [1.82, 2.24) is 20.2 Å². The third-order valence-corrected chi connectivity index (χ3v) is 4.61. The molecule has 2 aromatic rings. The standard InChI is InChI=1S/C18H23N5O/c1-23-11-5-8-14(16(23)13-6-3-2-4-7-13)12-22-18(24)15-17(19)21-10-9-20-15/h2-4,6-7,9-10,14,16H,5,8,11-12H2,1H3,(H2,19,21)(H,22,24)/t14-,16-/m1/s1. The molecule has 0 bridgehead atoms. The monoisotopic (exact) mass is 325 g/mol. The second-order valence-corrected chi connectivity index (χ2v) is 6.24. The number of rotatable bonds is 4. The fourth-order valence-electron chi connectivity index (χ4n) is 3.48. The molecule has 1 aliphatic rings. The summed E-state index contributed by atoms with van der Waals surface area (Å²) in [5.74, 6) is 0.254. The first kappa shape index (κ1) is 16.4. The van der Waals surface area contributed by atoms with Gasteiger partial charge in [-0.05, 0) is 37.9 Å². The topological polar surface area (TPSA) is 84.1 Å². The molecule has 1 aromatic carbocycles. The lowest BCUT2D eigenvalue weighted by Crippen LogP contribution is -2.42. The van der Waals surface area contributed by atoms with Crippen LogP contribution in [0.4, 0.5) is 5.82 Å². The highest BCUT2D eigenvalue weighted by molar-refractivity contribution is 5.96. The minimum atomic E-state index is -0.263. The highest BCUT2D eigenvalue weighted by atomic mass is 16.1. The summed E-state index contributed by atoms with van der Waals surface area (Å²) in [6.45, 7) is 1.67. The molecule has 3 rings (SSSR count). The van der Waals surface area contributed by atoms with Crippen LogP contribution in [0.5, 0.6) is 0 Å². The van der Waals surface area contributed by atoms with Crippen molar-refractivity contribution in [2.24, 2.45) is 5.92 Å². The molecule has 0 unspecified atom stereocenters. The zero-order valence-electron chi connectivity index (χ0n) is 13.9. The lowest BCUT2D eigenvalue weighted by molar-refractivity contribution is 0.0887. The van der Waals surface area contributed by atoms with E-state index in [0.29, 0.717) is 18.5 Å². The quantitative estimate of drug-likeness (QED) is 0.896. The Balaban J connectivity index is 1.71. The molecule has 0 spiro atoms. The predicted molar refractivity (Wildman–Crippen MR) is 93.3 cm³/mol. The van der Waals surface area contributed by atoms with Crippen molar-refractivity contribution in [2.45, 2.75) is 18.9 Å². The Kier molecular flexibility index (Phi) is 5.05. The van der Waals surface area contributed by atoms with Gasteiger partial charge in [0.2, 0.25) is 0 Å². The van der Waals surface area contributed by atoms with E-state index in [1.807, 2.05) is 6.07 Å². The van der Waals surface area contributed by atoms with Crippen molar-refractivity contribution in [3.8, 4) is 0 Å². The SMILES string of the molecule is CN1CCC[C@H](CNC(=O)c2nccnc2N)[C@H]1c1ccccc1. The highest BCUT2D eigenvalue weighted by Crippen LogP contribution is 2.34. The number of nitrogens with two attached hydrogens (primary N) is 1. The van der Waals surface area contributed by atoms with Crippen LogP contribution in [0.25, 0.3) is 0 Å². The molecule has 6 nitrogen and oxygen atoms in total. The molecule has 1 saturated heterocycles. The zero-order chi connectivity index (χ0) is 16.9. The van der Waals surface area contributed by atoms with Gasteiger partial charge in [0.05, 0.1) is 0 Å². The number of carbonyl (C=O) groups excluding carboxylic acids is 1. The first-order valence-electron chi connectivity index (χ1n) is 8.26.